The Morgan fingerprint density at radius 1 is 1.00 bits per heavy atom. The molecule has 0 aromatic heterocycles. The molecule has 0 spiro atoms. The predicted molar refractivity (Wildman–Crippen MR) is 94.1 cm³/mol. The van der Waals surface area contributed by atoms with E-state index in [1.165, 1.54) is 5.56 Å². The summed E-state index contributed by atoms with van der Waals surface area (Å²) in [5.74, 6) is 0.752. The molecule has 2 aromatic carbocycles. The largest absolute Gasteiger partial charge is 0.491 e. The normalized spacial score (nSPS) is 11.6. The average Bonchev–Trinajstić information content (AvgIpc) is 2.55. The number of nitrogens with one attached hydrogen (secondary N) is 1. The van der Waals surface area contributed by atoms with Crippen molar-refractivity contribution in [1.82, 2.24) is 5.32 Å². The Morgan fingerprint density at radius 3 is 2.35 bits per heavy atom. The first-order valence-corrected chi connectivity index (χ1v) is 7.41. The highest BCUT2D eigenvalue weighted by molar-refractivity contribution is 5.85. The van der Waals surface area contributed by atoms with Gasteiger partial charge in [-0.2, -0.15) is 0 Å². The molecule has 0 fully saturated rings. The molecule has 23 heavy (non-hydrogen) atoms. The minimum atomic E-state index is -0.539. The number of hydrogen-bond acceptors (Lipinski definition) is 4. The number of hydrogen-bond donors (Lipinski definition) is 2. The molecule has 0 aliphatic rings. The summed E-state index contributed by atoms with van der Waals surface area (Å²) in [6, 6.07) is 17.8. The fourth-order valence-corrected chi connectivity index (χ4v) is 2.08. The minimum Gasteiger partial charge on any atom is -0.491 e. The van der Waals surface area contributed by atoms with Crippen LogP contribution in [0.4, 0.5) is 0 Å². The highest BCUT2D eigenvalue weighted by Gasteiger charge is 2.05. The molecule has 2 aromatic rings. The Kier molecular flexibility index (Phi) is 9.33. The molecule has 5 heteroatoms. The van der Waals surface area contributed by atoms with E-state index in [2.05, 4.69) is 17.4 Å². The van der Waals surface area contributed by atoms with Gasteiger partial charge in [0.15, 0.2) is 0 Å². The molecule has 4 nitrogen and oxygen atoms in total. The molecule has 0 heterocycles. The van der Waals surface area contributed by atoms with Crippen LogP contribution in [0.15, 0.2) is 54.6 Å². The average molecular weight is 338 g/mol. The van der Waals surface area contributed by atoms with E-state index < -0.39 is 6.10 Å². The van der Waals surface area contributed by atoms with Crippen molar-refractivity contribution in [3.05, 3.63) is 65.7 Å². The van der Waals surface area contributed by atoms with Crippen molar-refractivity contribution in [3.63, 3.8) is 0 Å². The van der Waals surface area contributed by atoms with Crippen molar-refractivity contribution in [2.24, 2.45) is 0 Å². The Balaban J connectivity index is 0.00000264. The van der Waals surface area contributed by atoms with Gasteiger partial charge in [-0.3, -0.25) is 0 Å². The summed E-state index contributed by atoms with van der Waals surface area (Å²) in [5, 5.41) is 13.1. The first kappa shape index (κ1) is 19.5. The minimum absolute atomic E-state index is 0. The van der Waals surface area contributed by atoms with Crippen LogP contribution in [0.1, 0.15) is 11.1 Å². The maximum Gasteiger partial charge on any atom is 0.119 e. The van der Waals surface area contributed by atoms with Gasteiger partial charge in [-0.25, -0.2) is 0 Å². The van der Waals surface area contributed by atoms with Crippen molar-refractivity contribution in [2.75, 3.05) is 20.3 Å². The molecular formula is C18H24ClNO3. The molecule has 0 bridgehead atoms. The van der Waals surface area contributed by atoms with E-state index in [0.717, 1.165) is 17.9 Å². The number of benzene rings is 2. The van der Waals surface area contributed by atoms with E-state index in [4.69, 9.17) is 9.47 Å². The maximum absolute atomic E-state index is 9.92. The fourth-order valence-electron chi connectivity index (χ4n) is 2.08. The number of rotatable bonds is 9. The SMILES string of the molecule is COCc1ccc(OCC(O)CNCc2ccccc2)cc1.Cl. The van der Waals surface area contributed by atoms with Crippen LogP contribution in [-0.2, 0) is 17.9 Å². The molecule has 0 amide bonds. The van der Waals surface area contributed by atoms with Crippen LogP contribution in [0.2, 0.25) is 0 Å². The zero-order chi connectivity index (χ0) is 15.6. The molecule has 2 rings (SSSR count). The summed E-state index contributed by atoms with van der Waals surface area (Å²) in [5.41, 5.74) is 2.30. The van der Waals surface area contributed by atoms with E-state index in [0.29, 0.717) is 13.2 Å². The van der Waals surface area contributed by atoms with Gasteiger partial charge >= 0.3 is 0 Å². The number of aliphatic hydroxyl groups is 1. The fraction of sp³-hybridized carbons (Fsp3) is 0.333. The van der Waals surface area contributed by atoms with E-state index in [1.807, 2.05) is 42.5 Å². The zero-order valence-corrected chi connectivity index (χ0v) is 14.1. The van der Waals surface area contributed by atoms with Crippen molar-refractivity contribution in [3.8, 4) is 5.75 Å². The quantitative estimate of drug-likeness (QED) is 0.738. The number of aliphatic hydroxyl groups excluding tert-OH is 1. The summed E-state index contributed by atoms with van der Waals surface area (Å²) in [7, 11) is 1.67. The van der Waals surface area contributed by atoms with Gasteiger partial charge in [0.25, 0.3) is 0 Å². The van der Waals surface area contributed by atoms with E-state index in [9.17, 15) is 5.11 Å². The topological polar surface area (TPSA) is 50.7 Å². The van der Waals surface area contributed by atoms with Crippen LogP contribution in [0.25, 0.3) is 0 Å². The first-order valence-electron chi connectivity index (χ1n) is 7.41. The van der Waals surface area contributed by atoms with Crippen LogP contribution >= 0.6 is 12.4 Å². The highest BCUT2D eigenvalue weighted by Crippen LogP contribution is 2.13. The maximum atomic E-state index is 9.92. The van der Waals surface area contributed by atoms with Gasteiger partial charge in [0.05, 0.1) is 6.61 Å². The van der Waals surface area contributed by atoms with E-state index >= 15 is 0 Å². The first-order chi connectivity index (χ1) is 10.8. The van der Waals surface area contributed by atoms with Crippen LogP contribution in [0.3, 0.4) is 0 Å². The van der Waals surface area contributed by atoms with Gasteiger partial charge in [-0.1, -0.05) is 42.5 Å². The summed E-state index contributed by atoms with van der Waals surface area (Å²) in [6.45, 7) is 2.10. The predicted octanol–water partition coefficient (Wildman–Crippen LogP) is 2.78. The Bertz CT molecular complexity index is 534. The summed E-state index contributed by atoms with van der Waals surface area (Å²) >= 11 is 0. The summed E-state index contributed by atoms with van der Waals surface area (Å²) in [4.78, 5) is 0. The smallest absolute Gasteiger partial charge is 0.119 e. The summed E-state index contributed by atoms with van der Waals surface area (Å²) in [6.07, 6.45) is -0.539. The Hall–Kier alpha value is -1.59. The molecule has 126 valence electrons. The molecular weight excluding hydrogens is 314 g/mol. The second kappa shape index (κ2) is 11.0. The number of methoxy groups -OCH3 is 1. The third-order valence-electron chi connectivity index (χ3n) is 3.23. The van der Waals surface area contributed by atoms with Crippen molar-refractivity contribution >= 4 is 12.4 Å². The lowest BCUT2D eigenvalue weighted by molar-refractivity contribution is 0.106. The van der Waals surface area contributed by atoms with Crippen molar-refractivity contribution in [1.29, 1.82) is 0 Å². The molecule has 0 saturated heterocycles. The standard InChI is InChI=1S/C18H23NO3.ClH/c1-21-13-16-7-9-18(10-8-16)22-14-17(20)12-19-11-15-5-3-2-4-6-15;/h2-10,17,19-20H,11-14H2,1H3;1H. The lowest BCUT2D eigenvalue weighted by Crippen LogP contribution is -2.31. The number of halogens is 1. The molecule has 1 unspecified atom stereocenters. The molecule has 0 aliphatic heterocycles. The van der Waals surface area contributed by atoms with Gasteiger partial charge in [-0.05, 0) is 23.3 Å². The zero-order valence-electron chi connectivity index (χ0n) is 13.3. The van der Waals surface area contributed by atoms with Crippen LogP contribution in [0, 0.1) is 0 Å². The van der Waals surface area contributed by atoms with Crippen LogP contribution < -0.4 is 10.1 Å². The van der Waals surface area contributed by atoms with Crippen molar-refractivity contribution < 1.29 is 14.6 Å². The number of ether oxygens (including phenoxy) is 2. The third kappa shape index (κ3) is 7.48. The molecule has 2 N–H and O–H groups in total. The van der Waals surface area contributed by atoms with Crippen molar-refractivity contribution in [2.45, 2.75) is 19.3 Å². The van der Waals surface area contributed by atoms with E-state index in [1.54, 1.807) is 7.11 Å². The Morgan fingerprint density at radius 2 is 1.70 bits per heavy atom. The second-order valence-electron chi connectivity index (χ2n) is 5.16. The molecule has 0 saturated carbocycles. The summed E-state index contributed by atoms with van der Waals surface area (Å²) < 4.78 is 10.6. The monoisotopic (exact) mass is 337 g/mol. The van der Waals surface area contributed by atoms with Gasteiger partial charge in [0.1, 0.15) is 18.5 Å². The van der Waals surface area contributed by atoms with Crippen LogP contribution in [0.5, 0.6) is 5.75 Å². The van der Waals surface area contributed by atoms with Gasteiger partial charge in [0, 0.05) is 20.2 Å². The Labute approximate surface area is 143 Å². The molecule has 0 radical (unpaired) electrons. The highest BCUT2D eigenvalue weighted by atomic mass is 35.5. The second-order valence-corrected chi connectivity index (χ2v) is 5.16. The third-order valence-corrected chi connectivity index (χ3v) is 3.23. The lowest BCUT2D eigenvalue weighted by atomic mass is 10.2. The van der Waals surface area contributed by atoms with E-state index in [-0.39, 0.29) is 19.0 Å². The van der Waals surface area contributed by atoms with Gasteiger partial charge in [0.2, 0.25) is 0 Å². The van der Waals surface area contributed by atoms with Crippen LogP contribution in [-0.4, -0.2) is 31.5 Å². The molecule has 1 atom stereocenters. The van der Waals surface area contributed by atoms with Gasteiger partial charge in [-0.15, -0.1) is 12.4 Å². The molecule has 0 aliphatic carbocycles. The lowest BCUT2D eigenvalue weighted by Gasteiger charge is -2.13. The van der Waals surface area contributed by atoms with Gasteiger partial charge < -0.3 is 19.9 Å².